The topological polar surface area (TPSA) is 133 Å². The number of rotatable bonds is 6. The molecule has 4 rings (SSSR count). The Bertz CT molecular complexity index is 1140. The quantitative estimate of drug-likeness (QED) is 0.356. The molecule has 9 nitrogen and oxygen atoms in total. The molecule has 5 N–H and O–H groups in total. The monoisotopic (exact) mass is 422 g/mol. The smallest absolute Gasteiger partial charge is 0.348 e. The maximum absolute atomic E-state index is 12.6. The van der Waals surface area contributed by atoms with Crippen LogP contribution in [0.2, 0.25) is 0 Å². The molecule has 1 aromatic heterocycles. The van der Waals surface area contributed by atoms with Crippen molar-refractivity contribution in [3.63, 3.8) is 0 Å². The maximum Gasteiger partial charge on any atom is 0.348 e. The summed E-state index contributed by atoms with van der Waals surface area (Å²) in [5.74, 6) is 0.155. The van der Waals surface area contributed by atoms with Crippen LogP contribution in [0.5, 0.6) is 5.75 Å². The van der Waals surface area contributed by atoms with E-state index in [1.165, 1.54) is 10.6 Å². The minimum atomic E-state index is -0.421. The fourth-order valence-corrected chi connectivity index (χ4v) is 3.78. The van der Waals surface area contributed by atoms with Gasteiger partial charge in [0.05, 0.1) is 24.5 Å². The molecule has 0 bridgehead atoms. The largest absolute Gasteiger partial charge is 0.507 e. The van der Waals surface area contributed by atoms with Gasteiger partial charge < -0.3 is 25.9 Å². The van der Waals surface area contributed by atoms with Crippen LogP contribution in [-0.4, -0.2) is 51.9 Å². The number of benzene rings is 2. The van der Waals surface area contributed by atoms with Gasteiger partial charge in [0, 0.05) is 41.8 Å². The van der Waals surface area contributed by atoms with Crippen LogP contribution < -0.4 is 16.3 Å². The fraction of sp³-hybridized carbons (Fsp3) is 0.318. The zero-order chi connectivity index (χ0) is 22.0. The molecule has 1 aliphatic heterocycles. The summed E-state index contributed by atoms with van der Waals surface area (Å²) in [5.41, 5.74) is 8.83. The standard InChI is InChI=1S/C22H26N6O3/c1-2-3-18(23)16-12-17(20(29)13-19(16)24)21-25-26-22(30)28(21)15-6-4-14(5-7-15)27-8-10-31-11-9-27/h4-7,12-13,23,29H,2-3,8-11,24H2,1H3,(H,26,30). The van der Waals surface area contributed by atoms with Crippen molar-refractivity contribution >= 4 is 17.1 Å². The number of ether oxygens (including phenoxy) is 1. The second-order valence-electron chi connectivity index (χ2n) is 7.49. The number of phenols is 1. The zero-order valence-electron chi connectivity index (χ0n) is 17.4. The van der Waals surface area contributed by atoms with Crippen LogP contribution in [0.1, 0.15) is 25.3 Å². The first-order valence-corrected chi connectivity index (χ1v) is 10.3. The van der Waals surface area contributed by atoms with Gasteiger partial charge in [-0.1, -0.05) is 13.3 Å². The van der Waals surface area contributed by atoms with Crippen LogP contribution in [0.15, 0.2) is 41.2 Å². The Morgan fingerprint density at radius 3 is 2.58 bits per heavy atom. The van der Waals surface area contributed by atoms with E-state index in [0.29, 0.717) is 47.8 Å². The number of nitrogen functional groups attached to an aromatic ring is 1. The summed E-state index contributed by atoms with van der Waals surface area (Å²) in [4.78, 5) is 14.8. The van der Waals surface area contributed by atoms with E-state index in [1.54, 1.807) is 6.07 Å². The number of hydrogen-bond donors (Lipinski definition) is 4. The third-order valence-electron chi connectivity index (χ3n) is 5.39. The zero-order valence-corrected chi connectivity index (χ0v) is 17.4. The van der Waals surface area contributed by atoms with Crippen LogP contribution in [0.3, 0.4) is 0 Å². The summed E-state index contributed by atoms with van der Waals surface area (Å²) < 4.78 is 6.80. The molecule has 1 fully saturated rings. The first kappa shape index (κ1) is 20.7. The van der Waals surface area contributed by atoms with E-state index in [9.17, 15) is 9.90 Å². The highest BCUT2D eigenvalue weighted by atomic mass is 16.5. The molecule has 1 saturated heterocycles. The number of anilines is 2. The van der Waals surface area contributed by atoms with Gasteiger partial charge in [-0.3, -0.25) is 0 Å². The van der Waals surface area contributed by atoms with E-state index in [4.69, 9.17) is 15.9 Å². The van der Waals surface area contributed by atoms with Gasteiger partial charge in [-0.05, 0) is 36.8 Å². The predicted molar refractivity (Wildman–Crippen MR) is 120 cm³/mol. The molecule has 0 spiro atoms. The highest BCUT2D eigenvalue weighted by Gasteiger charge is 2.19. The number of nitrogens with zero attached hydrogens (tertiary/aromatic N) is 3. The Hall–Kier alpha value is -3.59. The van der Waals surface area contributed by atoms with Crippen molar-refractivity contribution in [3.05, 3.63) is 52.4 Å². The van der Waals surface area contributed by atoms with E-state index < -0.39 is 5.69 Å². The average molecular weight is 422 g/mol. The third kappa shape index (κ3) is 4.04. The number of aromatic nitrogens is 3. The van der Waals surface area contributed by atoms with Crippen LogP contribution in [0.25, 0.3) is 17.1 Å². The SMILES string of the molecule is CCCC(=N)c1cc(-c2n[nH]c(=O)n2-c2ccc(N3CCOCC3)cc2)c(O)cc1N. The van der Waals surface area contributed by atoms with Crippen molar-refractivity contribution in [2.75, 3.05) is 36.9 Å². The predicted octanol–water partition coefficient (Wildman–Crippen LogP) is 2.52. The van der Waals surface area contributed by atoms with E-state index in [2.05, 4.69) is 15.1 Å². The molecule has 31 heavy (non-hydrogen) atoms. The van der Waals surface area contributed by atoms with Gasteiger partial charge in [0.15, 0.2) is 5.82 Å². The van der Waals surface area contributed by atoms with Gasteiger partial charge in [0.2, 0.25) is 0 Å². The molecule has 3 aromatic rings. The summed E-state index contributed by atoms with van der Waals surface area (Å²) in [7, 11) is 0. The number of aromatic hydroxyl groups is 1. The highest BCUT2D eigenvalue weighted by molar-refractivity contribution is 6.04. The van der Waals surface area contributed by atoms with Crippen molar-refractivity contribution in [1.82, 2.24) is 14.8 Å². The maximum atomic E-state index is 12.6. The Labute approximate surface area is 179 Å². The van der Waals surface area contributed by atoms with E-state index in [-0.39, 0.29) is 11.6 Å². The van der Waals surface area contributed by atoms with Gasteiger partial charge in [0.25, 0.3) is 0 Å². The van der Waals surface area contributed by atoms with Gasteiger partial charge in [-0.25, -0.2) is 14.5 Å². The molecule has 0 aliphatic carbocycles. The molecule has 2 heterocycles. The molecule has 162 valence electrons. The Morgan fingerprint density at radius 1 is 1.23 bits per heavy atom. The van der Waals surface area contributed by atoms with Gasteiger partial charge in [-0.2, -0.15) is 5.10 Å². The first-order chi connectivity index (χ1) is 15.0. The molecule has 1 aliphatic rings. The fourth-order valence-electron chi connectivity index (χ4n) is 3.78. The Kier molecular flexibility index (Phi) is 5.77. The molecule has 0 unspecified atom stereocenters. The van der Waals surface area contributed by atoms with Crippen molar-refractivity contribution in [1.29, 1.82) is 5.41 Å². The molecule has 2 aromatic carbocycles. The van der Waals surface area contributed by atoms with E-state index >= 15 is 0 Å². The van der Waals surface area contributed by atoms with E-state index in [1.807, 2.05) is 31.2 Å². The molecule has 0 amide bonds. The van der Waals surface area contributed by atoms with Gasteiger partial charge >= 0.3 is 5.69 Å². The van der Waals surface area contributed by atoms with Crippen LogP contribution in [0.4, 0.5) is 11.4 Å². The third-order valence-corrected chi connectivity index (χ3v) is 5.39. The number of hydrogen-bond acceptors (Lipinski definition) is 7. The van der Waals surface area contributed by atoms with Crippen LogP contribution in [0, 0.1) is 5.41 Å². The molecule has 9 heteroatoms. The number of phenolic OH excluding ortho intramolecular Hbond substituents is 1. The number of aromatic amines is 1. The highest BCUT2D eigenvalue weighted by Crippen LogP contribution is 2.33. The molecular formula is C22H26N6O3. The number of nitrogens with two attached hydrogens (primary N) is 1. The lowest BCUT2D eigenvalue weighted by atomic mass is 10.00. The minimum Gasteiger partial charge on any atom is -0.507 e. The van der Waals surface area contributed by atoms with Gasteiger partial charge in [0.1, 0.15) is 5.75 Å². The summed E-state index contributed by atoms with van der Waals surface area (Å²) in [6, 6.07) is 10.6. The number of morpholine rings is 1. The lowest BCUT2D eigenvalue weighted by molar-refractivity contribution is 0.122. The molecular weight excluding hydrogens is 396 g/mol. The molecule has 0 atom stereocenters. The molecule has 0 radical (unpaired) electrons. The second kappa shape index (κ2) is 8.65. The van der Waals surface area contributed by atoms with Crippen molar-refractivity contribution in [2.24, 2.45) is 0 Å². The summed E-state index contributed by atoms with van der Waals surface area (Å²) in [6.07, 6.45) is 1.36. The molecule has 0 saturated carbocycles. The lowest BCUT2D eigenvalue weighted by Crippen LogP contribution is -2.36. The Balaban J connectivity index is 1.74. The van der Waals surface area contributed by atoms with Crippen LogP contribution in [-0.2, 0) is 4.74 Å². The van der Waals surface area contributed by atoms with Gasteiger partial charge in [-0.15, -0.1) is 0 Å². The summed E-state index contributed by atoms with van der Waals surface area (Å²) in [6.45, 7) is 5.01. The number of H-pyrrole nitrogens is 1. The Morgan fingerprint density at radius 2 is 1.90 bits per heavy atom. The summed E-state index contributed by atoms with van der Waals surface area (Å²) in [5, 5.41) is 25.4. The number of nitrogens with one attached hydrogen (secondary N) is 2. The van der Waals surface area contributed by atoms with Crippen molar-refractivity contribution in [3.8, 4) is 22.8 Å². The van der Waals surface area contributed by atoms with Crippen molar-refractivity contribution < 1.29 is 9.84 Å². The average Bonchev–Trinajstić information content (AvgIpc) is 3.15. The van der Waals surface area contributed by atoms with E-state index in [0.717, 1.165) is 25.2 Å². The first-order valence-electron chi connectivity index (χ1n) is 10.3. The van der Waals surface area contributed by atoms with Crippen LogP contribution >= 0.6 is 0 Å². The normalized spacial score (nSPS) is 14.0. The lowest BCUT2D eigenvalue weighted by Gasteiger charge is -2.28. The second-order valence-corrected chi connectivity index (χ2v) is 7.49. The van der Waals surface area contributed by atoms with Crippen molar-refractivity contribution in [2.45, 2.75) is 19.8 Å². The summed E-state index contributed by atoms with van der Waals surface area (Å²) >= 11 is 0. The minimum absolute atomic E-state index is 0.101.